The summed E-state index contributed by atoms with van der Waals surface area (Å²) in [5.41, 5.74) is 0.244. The lowest BCUT2D eigenvalue weighted by Gasteiger charge is -2.49. The van der Waals surface area contributed by atoms with Crippen molar-refractivity contribution in [2.75, 3.05) is 13.1 Å². The first-order chi connectivity index (χ1) is 10.0. The van der Waals surface area contributed by atoms with E-state index in [-0.39, 0.29) is 5.78 Å². The quantitative estimate of drug-likeness (QED) is 0.838. The lowest BCUT2D eigenvalue weighted by molar-refractivity contribution is -0.128. The van der Waals surface area contributed by atoms with E-state index in [0.29, 0.717) is 18.1 Å². The molecule has 0 aromatic carbocycles. The number of halogens is 1. The van der Waals surface area contributed by atoms with Crippen LogP contribution in [0.15, 0.2) is 12.3 Å². The molecule has 1 amide bonds. The fourth-order valence-corrected chi connectivity index (χ4v) is 2.79. The standard InChI is InChI=1S/C16H21ClN2O3/c1-10-13(6-12(17)7-18-10)16(11(2)20)8-19(9-16)14(21)22-15(3,4)5/h6-7H,8-9H2,1-5H3. The van der Waals surface area contributed by atoms with E-state index in [1.54, 1.807) is 12.3 Å². The number of ketones is 1. The van der Waals surface area contributed by atoms with Crippen molar-refractivity contribution in [3.63, 3.8) is 0 Å². The molecule has 0 saturated carbocycles. The Morgan fingerprint density at radius 2 is 1.95 bits per heavy atom. The summed E-state index contributed by atoms with van der Waals surface area (Å²) in [6, 6.07) is 1.76. The number of carbonyl (C=O) groups is 2. The molecule has 1 aliphatic heterocycles. The van der Waals surface area contributed by atoms with Gasteiger partial charge in [-0.2, -0.15) is 0 Å². The van der Waals surface area contributed by atoms with E-state index >= 15 is 0 Å². The van der Waals surface area contributed by atoms with Gasteiger partial charge in [-0.1, -0.05) is 11.6 Å². The summed E-state index contributed by atoms with van der Waals surface area (Å²) < 4.78 is 5.34. The number of aryl methyl sites for hydroxylation is 1. The molecule has 0 atom stereocenters. The van der Waals surface area contributed by atoms with Gasteiger partial charge in [0, 0.05) is 25.0 Å². The highest BCUT2D eigenvalue weighted by Crippen LogP contribution is 2.38. The van der Waals surface area contributed by atoms with Gasteiger partial charge in [0.05, 0.1) is 10.4 Å². The Hall–Kier alpha value is -1.62. The Labute approximate surface area is 135 Å². The number of carbonyl (C=O) groups excluding carboxylic acids is 2. The Balaban J connectivity index is 2.24. The number of aromatic nitrogens is 1. The Kier molecular flexibility index (Phi) is 4.22. The first-order valence-corrected chi connectivity index (χ1v) is 7.54. The predicted octanol–water partition coefficient (Wildman–Crippen LogP) is 3.12. The second kappa shape index (κ2) is 5.54. The van der Waals surface area contributed by atoms with Crippen LogP contribution >= 0.6 is 11.6 Å². The monoisotopic (exact) mass is 324 g/mol. The molecule has 0 bridgehead atoms. The number of pyridine rings is 1. The zero-order valence-electron chi connectivity index (χ0n) is 13.6. The summed E-state index contributed by atoms with van der Waals surface area (Å²) in [5.74, 6) is -0.000486. The van der Waals surface area contributed by atoms with Gasteiger partial charge >= 0.3 is 6.09 Å². The summed E-state index contributed by atoms with van der Waals surface area (Å²) in [5, 5.41) is 0.483. The number of Topliss-reactive ketones (excluding diaryl/α,β-unsaturated/α-hetero) is 1. The van der Waals surface area contributed by atoms with Gasteiger partial charge in [0.1, 0.15) is 11.4 Å². The van der Waals surface area contributed by atoms with E-state index in [1.807, 2.05) is 27.7 Å². The fourth-order valence-electron chi connectivity index (χ4n) is 2.64. The largest absolute Gasteiger partial charge is 0.444 e. The number of hydrogen-bond acceptors (Lipinski definition) is 4. The summed E-state index contributed by atoms with van der Waals surface area (Å²) in [7, 11) is 0. The number of nitrogens with zero attached hydrogens (tertiary/aromatic N) is 2. The molecule has 22 heavy (non-hydrogen) atoms. The van der Waals surface area contributed by atoms with Gasteiger partial charge in [0.2, 0.25) is 0 Å². The highest BCUT2D eigenvalue weighted by Gasteiger charge is 2.52. The van der Waals surface area contributed by atoms with Gasteiger partial charge in [-0.25, -0.2) is 4.79 Å². The van der Waals surface area contributed by atoms with Gasteiger partial charge in [-0.15, -0.1) is 0 Å². The number of amides is 1. The van der Waals surface area contributed by atoms with Crippen molar-refractivity contribution >= 4 is 23.5 Å². The lowest BCUT2D eigenvalue weighted by Crippen LogP contribution is -2.65. The molecule has 0 aliphatic carbocycles. The molecule has 0 unspecified atom stereocenters. The van der Waals surface area contributed by atoms with Gasteiger partial charge < -0.3 is 9.64 Å². The van der Waals surface area contributed by atoms with Crippen LogP contribution in [0.5, 0.6) is 0 Å². The molecule has 0 N–H and O–H groups in total. The molecular weight excluding hydrogens is 304 g/mol. The minimum absolute atomic E-state index is 0.000486. The normalized spacial score (nSPS) is 16.9. The van der Waals surface area contributed by atoms with Crippen molar-refractivity contribution in [3.05, 3.63) is 28.5 Å². The lowest BCUT2D eigenvalue weighted by atomic mass is 9.70. The van der Waals surface area contributed by atoms with Gasteiger partial charge in [0.15, 0.2) is 0 Å². The number of hydrogen-bond donors (Lipinski definition) is 0. The first kappa shape index (κ1) is 16.7. The highest BCUT2D eigenvalue weighted by atomic mass is 35.5. The van der Waals surface area contributed by atoms with Crippen molar-refractivity contribution in [3.8, 4) is 0 Å². The average Bonchev–Trinajstić information content (AvgIpc) is 2.29. The third kappa shape index (κ3) is 3.09. The van der Waals surface area contributed by atoms with Crippen LogP contribution in [0.1, 0.15) is 39.0 Å². The van der Waals surface area contributed by atoms with Crippen LogP contribution in [0.4, 0.5) is 4.79 Å². The smallest absolute Gasteiger partial charge is 0.410 e. The van der Waals surface area contributed by atoms with Gasteiger partial charge in [0.25, 0.3) is 0 Å². The molecule has 0 radical (unpaired) electrons. The zero-order valence-corrected chi connectivity index (χ0v) is 14.3. The maximum Gasteiger partial charge on any atom is 0.410 e. The van der Waals surface area contributed by atoms with Crippen molar-refractivity contribution in [1.29, 1.82) is 0 Å². The molecule has 6 heteroatoms. The summed E-state index contributed by atoms with van der Waals surface area (Å²) >= 11 is 6.02. The van der Waals surface area contributed by atoms with Crippen molar-refractivity contribution < 1.29 is 14.3 Å². The third-order valence-electron chi connectivity index (χ3n) is 3.82. The Bertz CT molecular complexity index is 616. The predicted molar refractivity (Wildman–Crippen MR) is 84.2 cm³/mol. The van der Waals surface area contributed by atoms with Crippen LogP contribution in [0, 0.1) is 6.92 Å². The molecule has 1 aromatic rings. The molecule has 2 heterocycles. The van der Waals surface area contributed by atoms with E-state index < -0.39 is 17.1 Å². The summed E-state index contributed by atoms with van der Waals surface area (Å²) in [4.78, 5) is 30.1. The maximum absolute atomic E-state index is 12.2. The van der Waals surface area contributed by atoms with Gasteiger partial charge in [-0.3, -0.25) is 9.78 Å². The van der Waals surface area contributed by atoms with Crippen molar-refractivity contribution in [2.24, 2.45) is 0 Å². The SMILES string of the molecule is CC(=O)C1(c2cc(Cl)cnc2C)CN(C(=O)OC(C)(C)C)C1. The van der Waals surface area contributed by atoms with Crippen LogP contribution < -0.4 is 0 Å². The fraction of sp³-hybridized carbons (Fsp3) is 0.562. The van der Waals surface area contributed by atoms with Gasteiger partial charge in [-0.05, 0) is 46.2 Å². The third-order valence-corrected chi connectivity index (χ3v) is 4.02. The molecule has 1 aromatic heterocycles. The Morgan fingerprint density at radius 3 is 2.45 bits per heavy atom. The summed E-state index contributed by atoms with van der Waals surface area (Å²) in [6.07, 6.45) is 1.15. The molecule has 1 fully saturated rings. The van der Waals surface area contributed by atoms with Crippen molar-refractivity contribution in [1.82, 2.24) is 9.88 Å². The molecule has 5 nitrogen and oxygen atoms in total. The second-order valence-corrected chi connectivity index (χ2v) is 7.20. The average molecular weight is 325 g/mol. The maximum atomic E-state index is 12.2. The first-order valence-electron chi connectivity index (χ1n) is 7.17. The number of likely N-dealkylation sites (tertiary alicyclic amines) is 1. The summed E-state index contributed by atoms with van der Waals surface area (Å²) in [6.45, 7) is 9.40. The molecule has 2 rings (SSSR count). The van der Waals surface area contributed by atoms with E-state index in [4.69, 9.17) is 16.3 Å². The van der Waals surface area contributed by atoms with E-state index in [0.717, 1.165) is 11.3 Å². The molecule has 0 spiro atoms. The van der Waals surface area contributed by atoms with E-state index in [9.17, 15) is 9.59 Å². The molecule has 1 aliphatic rings. The van der Waals surface area contributed by atoms with Crippen LogP contribution in [-0.4, -0.2) is 40.5 Å². The van der Waals surface area contributed by atoms with Crippen LogP contribution in [0.3, 0.4) is 0 Å². The van der Waals surface area contributed by atoms with E-state index in [1.165, 1.54) is 11.8 Å². The second-order valence-electron chi connectivity index (χ2n) is 6.76. The van der Waals surface area contributed by atoms with Crippen LogP contribution in [0.2, 0.25) is 5.02 Å². The topological polar surface area (TPSA) is 59.5 Å². The van der Waals surface area contributed by atoms with Crippen LogP contribution in [0.25, 0.3) is 0 Å². The molecular formula is C16H21ClN2O3. The van der Waals surface area contributed by atoms with E-state index in [2.05, 4.69) is 4.98 Å². The van der Waals surface area contributed by atoms with Crippen LogP contribution in [-0.2, 0) is 14.9 Å². The minimum Gasteiger partial charge on any atom is -0.444 e. The number of rotatable bonds is 2. The molecule has 120 valence electrons. The highest BCUT2D eigenvalue weighted by molar-refractivity contribution is 6.30. The van der Waals surface area contributed by atoms with Crippen molar-refractivity contribution in [2.45, 2.75) is 45.6 Å². The Morgan fingerprint density at radius 1 is 1.36 bits per heavy atom. The zero-order chi connectivity index (χ0) is 16.7. The number of ether oxygens (including phenoxy) is 1. The minimum atomic E-state index is -0.737. The molecule has 1 saturated heterocycles.